The van der Waals surface area contributed by atoms with E-state index in [2.05, 4.69) is 26.6 Å². The van der Waals surface area contributed by atoms with Gasteiger partial charge in [0.25, 0.3) is 0 Å². The lowest BCUT2D eigenvalue weighted by molar-refractivity contribution is -0.132. The Morgan fingerprint density at radius 2 is 1.65 bits per heavy atom. The quantitative estimate of drug-likeness (QED) is 0.779. The van der Waals surface area contributed by atoms with Gasteiger partial charge < -0.3 is 15.5 Å². The minimum Gasteiger partial charge on any atom is -0.341 e. The number of nitrogens with zero attached hydrogens (tertiary/aromatic N) is 1. The van der Waals surface area contributed by atoms with E-state index in [1.807, 2.05) is 53.4 Å². The minimum absolute atomic E-state index is 0.0198. The zero-order valence-electron chi connectivity index (χ0n) is 14.5. The lowest BCUT2D eigenvalue weighted by atomic mass is 10.0. The SMILES string of the molecule is O=C(Nc1ccccc1Br)NC(Cc1ccccc1)C(=O)N1CCCC1. The van der Waals surface area contributed by atoms with Crippen molar-refractivity contribution >= 4 is 33.6 Å². The minimum atomic E-state index is -0.585. The summed E-state index contributed by atoms with van der Waals surface area (Å²) in [5.41, 5.74) is 1.68. The second-order valence-corrected chi connectivity index (χ2v) is 7.21. The maximum atomic E-state index is 12.9. The summed E-state index contributed by atoms with van der Waals surface area (Å²) in [6, 6.07) is 16.2. The number of carbonyl (C=O) groups is 2. The number of benzene rings is 2. The van der Waals surface area contributed by atoms with E-state index in [4.69, 9.17) is 0 Å². The third kappa shape index (κ3) is 4.85. The number of halogens is 1. The number of urea groups is 1. The molecule has 136 valence electrons. The molecule has 1 unspecified atom stereocenters. The van der Waals surface area contributed by atoms with E-state index in [0.29, 0.717) is 12.1 Å². The van der Waals surface area contributed by atoms with Gasteiger partial charge in [0.1, 0.15) is 6.04 Å². The fourth-order valence-electron chi connectivity index (χ4n) is 3.09. The van der Waals surface area contributed by atoms with Gasteiger partial charge in [-0.25, -0.2) is 4.79 Å². The topological polar surface area (TPSA) is 61.4 Å². The number of anilines is 1. The summed E-state index contributed by atoms with van der Waals surface area (Å²) in [4.78, 5) is 27.2. The van der Waals surface area contributed by atoms with Crippen molar-refractivity contribution in [2.45, 2.75) is 25.3 Å². The Bertz CT molecular complexity index is 761. The molecule has 0 saturated carbocycles. The molecule has 6 heteroatoms. The number of hydrogen-bond donors (Lipinski definition) is 2. The molecule has 2 aromatic carbocycles. The molecule has 1 aliphatic heterocycles. The molecular weight excluding hydrogens is 394 g/mol. The number of likely N-dealkylation sites (tertiary alicyclic amines) is 1. The molecule has 1 aliphatic rings. The van der Waals surface area contributed by atoms with Crippen LogP contribution < -0.4 is 10.6 Å². The highest BCUT2D eigenvalue weighted by Gasteiger charge is 2.28. The van der Waals surface area contributed by atoms with Crippen LogP contribution in [0.25, 0.3) is 0 Å². The molecule has 0 radical (unpaired) electrons. The fourth-order valence-corrected chi connectivity index (χ4v) is 3.47. The summed E-state index contributed by atoms with van der Waals surface area (Å²) in [5.74, 6) is -0.0198. The molecule has 1 saturated heterocycles. The molecule has 2 N–H and O–H groups in total. The highest BCUT2D eigenvalue weighted by Crippen LogP contribution is 2.21. The van der Waals surface area contributed by atoms with E-state index < -0.39 is 6.04 Å². The Labute approximate surface area is 161 Å². The fraction of sp³-hybridized carbons (Fsp3) is 0.300. The van der Waals surface area contributed by atoms with Crippen LogP contribution in [0, 0.1) is 0 Å². The highest BCUT2D eigenvalue weighted by molar-refractivity contribution is 9.10. The van der Waals surface area contributed by atoms with Crippen LogP contribution in [0.5, 0.6) is 0 Å². The van der Waals surface area contributed by atoms with Crippen molar-refractivity contribution in [3.8, 4) is 0 Å². The van der Waals surface area contributed by atoms with Crippen LogP contribution in [-0.4, -0.2) is 36.0 Å². The summed E-state index contributed by atoms with van der Waals surface area (Å²) >= 11 is 3.41. The number of amides is 3. The van der Waals surface area contributed by atoms with E-state index in [-0.39, 0.29) is 11.9 Å². The second kappa shape index (κ2) is 8.85. The molecule has 1 fully saturated rings. The Hall–Kier alpha value is -2.34. The third-order valence-electron chi connectivity index (χ3n) is 4.43. The van der Waals surface area contributed by atoms with Gasteiger partial charge in [0.15, 0.2) is 0 Å². The molecule has 0 bridgehead atoms. The van der Waals surface area contributed by atoms with E-state index in [1.54, 1.807) is 6.07 Å². The number of rotatable bonds is 5. The molecular formula is C20H22BrN3O2. The van der Waals surface area contributed by atoms with Gasteiger partial charge in [-0.15, -0.1) is 0 Å². The molecule has 2 aromatic rings. The number of hydrogen-bond acceptors (Lipinski definition) is 2. The van der Waals surface area contributed by atoms with Crippen LogP contribution in [0.3, 0.4) is 0 Å². The van der Waals surface area contributed by atoms with Crippen LogP contribution in [0.2, 0.25) is 0 Å². The van der Waals surface area contributed by atoms with Crippen molar-refractivity contribution in [1.29, 1.82) is 0 Å². The van der Waals surface area contributed by atoms with Gasteiger partial charge in [-0.2, -0.15) is 0 Å². The normalized spacial score (nSPS) is 14.7. The average molecular weight is 416 g/mol. The molecule has 26 heavy (non-hydrogen) atoms. The van der Waals surface area contributed by atoms with Crippen LogP contribution in [0.4, 0.5) is 10.5 Å². The summed E-state index contributed by atoms with van der Waals surface area (Å²) in [5, 5.41) is 5.66. The summed E-state index contributed by atoms with van der Waals surface area (Å²) in [7, 11) is 0. The largest absolute Gasteiger partial charge is 0.341 e. The van der Waals surface area contributed by atoms with Crippen molar-refractivity contribution in [1.82, 2.24) is 10.2 Å². The maximum Gasteiger partial charge on any atom is 0.319 e. The molecule has 3 amide bonds. The Balaban J connectivity index is 1.70. The van der Waals surface area contributed by atoms with Crippen molar-refractivity contribution in [2.24, 2.45) is 0 Å². The Morgan fingerprint density at radius 1 is 1.00 bits per heavy atom. The van der Waals surface area contributed by atoms with E-state index in [0.717, 1.165) is 36.0 Å². The van der Waals surface area contributed by atoms with Gasteiger partial charge >= 0.3 is 6.03 Å². The standard InChI is InChI=1S/C20H22BrN3O2/c21-16-10-4-5-11-17(16)22-20(26)23-18(14-15-8-2-1-3-9-15)19(25)24-12-6-7-13-24/h1-5,8-11,18H,6-7,12-14H2,(H2,22,23,26). The van der Waals surface area contributed by atoms with Crippen molar-refractivity contribution < 1.29 is 9.59 Å². The molecule has 1 heterocycles. The predicted octanol–water partition coefficient (Wildman–Crippen LogP) is 3.80. The van der Waals surface area contributed by atoms with Crippen LogP contribution >= 0.6 is 15.9 Å². The summed E-state index contributed by atoms with van der Waals surface area (Å²) in [6.07, 6.45) is 2.51. The molecule has 0 aromatic heterocycles. The zero-order chi connectivity index (χ0) is 18.4. The predicted molar refractivity (Wildman–Crippen MR) is 106 cm³/mol. The number of nitrogens with one attached hydrogen (secondary N) is 2. The molecule has 5 nitrogen and oxygen atoms in total. The number of para-hydroxylation sites is 1. The van der Waals surface area contributed by atoms with Crippen molar-refractivity contribution in [3.05, 3.63) is 64.6 Å². The van der Waals surface area contributed by atoms with Gasteiger partial charge in [-0.3, -0.25) is 4.79 Å². The van der Waals surface area contributed by atoms with Gasteiger partial charge in [0, 0.05) is 24.0 Å². The van der Waals surface area contributed by atoms with Crippen molar-refractivity contribution in [3.63, 3.8) is 0 Å². The molecule has 0 aliphatic carbocycles. The van der Waals surface area contributed by atoms with Gasteiger partial charge in [-0.1, -0.05) is 42.5 Å². The average Bonchev–Trinajstić information content (AvgIpc) is 3.18. The first-order chi connectivity index (χ1) is 12.6. The Kier molecular flexibility index (Phi) is 6.28. The summed E-state index contributed by atoms with van der Waals surface area (Å²) in [6.45, 7) is 1.52. The van der Waals surface area contributed by atoms with Crippen molar-refractivity contribution in [2.75, 3.05) is 18.4 Å². The van der Waals surface area contributed by atoms with E-state index in [9.17, 15) is 9.59 Å². The zero-order valence-corrected chi connectivity index (χ0v) is 16.0. The number of carbonyl (C=O) groups excluding carboxylic acids is 2. The first-order valence-corrected chi connectivity index (χ1v) is 9.57. The monoisotopic (exact) mass is 415 g/mol. The van der Waals surface area contributed by atoms with Crippen LogP contribution in [0.15, 0.2) is 59.1 Å². The van der Waals surface area contributed by atoms with Gasteiger partial charge in [-0.05, 0) is 46.5 Å². The maximum absolute atomic E-state index is 12.9. The lowest BCUT2D eigenvalue weighted by Crippen LogP contribution is -2.50. The second-order valence-electron chi connectivity index (χ2n) is 6.35. The molecule has 1 atom stereocenters. The Morgan fingerprint density at radius 3 is 2.35 bits per heavy atom. The smallest absolute Gasteiger partial charge is 0.319 e. The first kappa shape index (κ1) is 18.5. The van der Waals surface area contributed by atoms with E-state index in [1.165, 1.54) is 0 Å². The van der Waals surface area contributed by atoms with Gasteiger partial charge in [0.2, 0.25) is 5.91 Å². The first-order valence-electron chi connectivity index (χ1n) is 8.78. The molecule has 0 spiro atoms. The summed E-state index contributed by atoms with van der Waals surface area (Å²) < 4.78 is 0.792. The molecule has 3 rings (SSSR count). The van der Waals surface area contributed by atoms with Crippen LogP contribution in [-0.2, 0) is 11.2 Å². The van der Waals surface area contributed by atoms with Gasteiger partial charge in [0.05, 0.1) is 5.69 Å². The van der Waals surface area contributed by atoms with E-state index >= 15 is 0 Å². The third-order valence-corrected chi connectivity index (χ3v) is 5.12. The highest BCUT2D eigenvalue weighted by atomic mass is 79.9. The van der Waals surface area contributed by atoms with Crippen LogP contribution in [0.1, 0.15) is 18.4 Å². The lowest BCUT2D eigenvalue weighted by Gasteiger charge is -2.24.